The van der Waals surface area contributed by atoms with Crippen molar-refractivity contribution in [3.63, 3.8) is 0 Å². The van der Waals surface area contributed by atoms with Crippen LogP contribution in [0, 0.1) is 11.3 Å². The summed E-state index contributed by atoms with van der Waals surface area (Å²) in [6, 6.07) is 3.57. The minimum absolute atomic E-state index is 0.128. The lowest BCUT2D eigenvalue weighted by atomic mass is 10.2. The number of anilines is 2. The van der Waals surface area contributed by atoms with Crippen molar-refractivity contribution in [3.8, 4) is 6.07 Å². The molecule has 2 atom stereocenters. The zero-order valence-electron chi connectivity index (χ0n) is 9.93. The highest BCUT2D eigenvalue weighted by atomic mass is 32.2. The van der Waals surface area contributed by atoms with Crippen molar-refractivity contribution in [2.24, 2.45) is 0 Å². The van der Waals surface area contributed by atoms with Crippen LogP contribution >= 0.6 is 0 Å². The molecule has 92 valence electrons. The van der Waals surface area contributed by atoms with Gasteiger partial charge < -0.3 is 11.1 Å². The van der Waals surface area contributed by atoms with E-state index in [0.717, 1.165) is 6.42 Å². The summed E-state index contributed by atoms with van der Waals surface area (Å²) in [6.07, 6.45) is 3.99. The van der Waals surface area contributed by atoms with E-state index in [0.29, 0.717) is 23.6 Å². The molecule has 1 aromatic heterocycles. The van der Waals surface area contributed by atoms with Crippen LogP contribution in [0.15, 0.2) is 12.3 Å². The van der Waals surface area contributed by atoms with Crippen LogP contribution in [0.3, 0.4) is 0 Å². The number of nitrogens with two attached hydrogens (primary N) is 1. The average molecular weight is 252 g/mol. The molecule has 17 heavy (non-hydrogen) atoms. The smallest absolute Gasteiger partial charge is 0.150 e. The van der Waals surface area contributed by atoms with Gasteiger partial charge in [-0.3, -0.25) is 4.21 Å². The first-order valence-electron chi connectivity index (χ1n) is 5.27. The van der Waals surface area contributed by atoms with Crippen LogP contribution in [0.25, 0.3) is 0 Å². The minimum Gasteiger partial charge on any atom is -0.395 e. The van der Waals surface area contributed by atoms with Crippen molar-refractivity contribution >= 4 is 22.3 Å². The summed E-state index contributed by atoms with van der Waals surface area (Å²) in [5, 5.41) is 12.0. The number of nitrogens with zero attached hydrogens (tertiary/aromatic N) is 2. The van der Waals surface area contributed by atoms with E-state index in [-0.39, 0.29) is 5.25 Å². The fourth-order valence-electron chi connectivity index (χ4n) is 1.27. The summed E-state index contributed by atoms with van der Waals surface area (Å²) >= 11 is 0. The predicted molar refractivity (Wildman–Crippen MR) is 70.0 cm³/mol. The molecule has 1 aromatic rings. The van der Waals surface area contributed by atoms with Crippen molar-refractivity contribution in [2.45, 2.75) is 18.6 Å². The van der Waals surface area contributed by atoms with Crippen LogP contribution < -0.4 is 11.1 Å². The Morgan fingerprint density at radius 2 is 2.41 bits per heavy atom. The normalized spacial score (nSPS) is 13.7. The van der Waals surface area contributed by atoms with Crippen molar-refractivity contribution in [1.29, 1.82) is 5.26 Å². The molecule has 0 aliphatic rings. The Kier molecular flexibility index (Phi) is 4.91. The first-order valence-corrected chi connectivity index (χ1v) is 6.89. The second-order valence-corrected chi connectivity index (χ2v) is 5.56. The van der Waals surface area contributed by atoms with Gasteiger partial charge in [-0.25, -0.2) is 4.98 Å². The SMILES string of the molecule is CC(CCNc1nccc(C#N)c1N)S(C)=O. The molecule has 0 spiro atoms. The molecular weight excluding hydrogens is 236 g/mol. The number of hydrogen-bond acceptors (Lipinski definition) is 5. The molecule has 0 fully saturated rings. The van der Waals surface area contributed by atoms with E-state index in [1.165, 1.54) is 0 Å². The molecule has 0 aliphatic carbocycles. The van der Waals surface area contributed by atoms with Gasteiger partial charge in [-0.05, 0) is 12.5 Å². The molecule has 6 heteroatoms. The molecule has 0 amide bonds. The highest BCUT2D eigenvalue weighted by molar-refractivity contribution is 7.84. The second-order valence-electron chi connectivity index (χ2n) is 3.76. The highest BCUT2D eigenvalue weighted by Crippen LogP contribution is 2.18. The third kappa shape index (κ3) is 3.71. The van der Waals surface area contributed by atoms with Gasteiger partial charge in [0.15, 0.2) is 5.82 Å². The zero-order chi connectivity index (χ0) is 12.8. The maximum atomic E-state index is 11.2. The van der Waals surface area contributed by atoms with Gasteiger partial charge in [0.2, 0.25) is 0 Å². The summed E-state index contributed by atoms with van der Waals surface area (Å²) in [6.45, 7) is 2.56. The van der Waals surface area contributed by atoms with E-state index in [9.17, 15) is 4.21 Å². The quantitative estimate of drug-likeness (QED) is 0.818. The molecule has 1 heterocycles. The number of nitrogens with one attached hydrogen (secondary N) is 1. The largest absolute Gasteiger partial charge is 0.395 e. The van der Waals surface area contributed by atoms with Gasteiger partial charge in [-0.1, -0.05) is 6.92 Å². The maximum absolute atomic E-state index is 11.2. The number of nitrogen functional groups attached to an aromatic ring is 1. The topological polar surface area (TPSA) is 91.8 Å². The third-order valence-corrected chi connectivity index (χ3v) is 3.89. The van der Waals surface area contributed by atoms with Crippen molar-refractivity contribution in [3.05, 3.63) is 17.8 Å². The summed E-state index contributed by atoms with van der Waals surface area (Å²) in [7, 11) is -0.824. The first kappa shape index (κ1) is 13.5. The van der Waals surface area contributed by atoms with E-state index >= 15 is 0 Å². The Bertz CT molecular complexity index is 455. The van der Waals surface area contributed by atoms with Gasteiger partial charge in [0.05, 0.1) is 11.3 Å². The molecule has 2 unspecified atom stereocenters. The van der Waals surface area contributed by atoms with Crippen LogP contribution in [0.2, 0.25) is 0 Å². The number of aromatic nitrogens is 1. The van der Waals surface area contributed by atoms with Gasteiger partial charge in [0.25, 0.3) is 0 Å². The minimum atomic E-state index is -0.824. The summed E-state index contributed by atoms with van der Waals surface area (Å²) in [5.41, 5.74) is 6.54. The molecule has 0 aliphatic heterocycles. The van der Waals surface area contributed by atoms with Crippen LogP contribution in [0.4, 0.5) is 11.5 Å². The summed E-state index contributed by atoms with van der Waals surface area (Å²) < 4.78 is 11.2. The van der Waals surface area contributed by atoms with Gasteiger partial charge in [-0.2, -0.15) is 5.26 Å². The van der Waals surface area contributed by atoms with Gasteiger partial charge >= 0.3 is 0 Å². The van der Waals surface area contributed by atoms with Crippen molar-refractivity contribution < 1.29 is 4.21 Å². The highest BCUT2D eigenvalue weighted by Gasteiger charge is 2.08. The average Bonchev–Trinajstić information content (AvgIpc) is 2.31. The van der Waals surface area contributed by atoms with Crippen LogP contribution in [0.1, 0.15) is 18.9 Å². The lowest BCUT2D eigenvalue weighted by Gasteiger charge is -2.11. The number of pyridine rings is 1. The van der Waals surface area contributed by atoms with Crippen LogP contribution in [-0.4, -0.2) is 27.2 Å². The van der Waals surface area contributed by atoms with Crippen LogP contribution in [-0.2, 0) is 10.8 Å². The molecule has 3 N–H and O–H groups in total. The Labute approximate surface area is 103 Å². The monoisotopic (exact) mass is 252 g/mol. The lowest BCUT2D eigenvalue weighted by Crippen LogP contribution is -2.16. The van der Waals surface area contributed by atoms with Crippen molar-refractivity contribution in [2.75, 3.05) is 23.9 Å². The molecule has 0 aromatic carbocycles. The molecule has 0 bridgehead atoms. The second kappa shape index (κ2) is 6.21. The van der Waals surface area contributed by atoms with Gasteiger partial charge in [0.1, 0.15) is 6.07 Å². The van der Waals surface area contributed by atoms with Crippen molar-refractivity contribution in [1.82, 2.24) is 4.98 Å². The molecular formula is C11H16N4OS. The molecule has 0 saturated heterocycles. The number of rotatable bonds is 5. The Balaban J connectivity index is 2.59. The maximum Gasteiger partial charge on any atom is 0.150 e. The first-order chi connectivity index (χ1) is 8.06. The lowest BCUT2D eigenvalue weighted by molar-refractivity contribution is 0.672. The van der Waals surface area contributed by atoms with E-state index in [2.05, 4.69) is 10.3 Å². The summed E-state index contributed by atoms with van der Waals surface area (Å²) in [4.78, 5) is 4.07. The van der Waals surface area contributed by atoms with E-state index in [1.807, 2.05) is 13.0 Å². The Morgan fingerprint density at radius 1 is 1.71 bits per heavy atom. The Morgan fingerprint density at radius 3 is 3.00 bits per heavy atom. The fraction of sp³-hybridized carbons (Fsp3) is 0.455. The zero-order valence-corrected chi connectivity index (χ0v) is 10.8. The molecule has 1 rings (SSSR count). The number of nitriles is 1. The Hall–Kier alpha value is -1.61. The van der Waals surface area contributed by atoms with Gasteiger partial charge in [-0.15, -0.1) is 0 Å². The molecule has 5 nitrogen and oxygen atoms in total. The van der Waals surface area contributed by atoms with Gasteiger partial charge in [0, 0.05) is 35.0 Å². The predicted octanol–water partition coefficient (Wildman–Crippen LogP) is 1.10. The number of hydrogen-bond donors (Lipinski definition) is 2. The van der Waals surface area contributed by atoms with E-state index in [1.54, 1.807) is 18.5 Å². The summed E-state index contributed by atoms with van der Waals surface area (Å²) in [5.74, 6) is 0.512. The standard InChI is InChI=1S/C11H16N4OS/c1-8(17(2)16)3-5-14-11-10(13)9(7-12)4-6-15-11/h4,6,8H,3,5,13H2,1-2H3,(H,14,15). The van der Waals surface area contributed by atoms with Crippen LogP contribution in [0.5, 0.6) is 0 Å². The third-order valence-electron chi connectivity index (χ3n) is 2.52. The molecule has 0 saturated carbocycles. The van der Waals surface area contributed by atoms with E-state index < -0.39 is 10.8 Å². The molecule has 0 radical (unpaired) electrons. The van der Waals surface area contributed by atoms with E-state index in [4.69, 9.17) is 11.0 Å². The fourth-order valence-corrected chi connectivity index (χ4v) is 1.72.